The fourth-order valence-electron chi connectivity index (χ4n) is 1.58. The topological polar surface area (TPSA) is 38.3 Å². The summed E-state index contributed by atoms with van der Waals surface area (Å²) in [6, 6.07) is 5.69. The maximum absolute atomic E-state index is 5.48. The van der Waals surface area contributed by atoms with E-state index in [0.717, 1.165) is 29.0 Å². The zero-order valence-electron chi connectivity index (χ0n) is 9.07. The highest BCUT2D eigenvalue weighted by Gasteiger charge is 2.21. The van der Waals surface area contributed by atoms with Gasteiger partial charge in [-0.2, -0.15) is 0 Å². The molecule has 4 heteroatoms. The number of hydrogen-bond acceptors (Lipinski definition) is 3. The second-order valence-corrected chi connectivity index (χ2v) is 4.39. The molecule has 1 unspecified atom stereocenters. The van der Waals surface area contributed by atoms with E-state index >= 15 is 0 Å². The van der Waals surface area contributed by atoms with Crippen molar-refractivity contribution in [3.8, 4) is 0 Å². The van der Waals surface area contributed by atoms with Gasteiger partial charge in [-0.05, 0) is 47.1 Å². The van der Waals surface area contributed by atoms with Crippen LogP contribution in [0, 0.1) is 0 Å². The van der Waals surface area contributed by atoms with Crippen molar-refractivity contribution in [2.45, 2.75) is 19.4 Å². The van der Waals surface area contributed by atoms with E-state index in [1.807, 2.05) is 18.2 Å². The van der Waals surface area contributed by atoms with Gasteiger partial charge in [0.05, 0.1) is 17.0 Å². The summed E-state index contributed by atoms with van der Waals surface area (Å²) in [5.74, 6) is 1.72. The highest BCUT2D eigenvalue weighted by Crippen LogP contribution is 2.29. The summed E-state index contributed by atoms with van der Waals surface area (Å²) in [6.07, 6.45) is 4.41. The first kappa shape index (κ1) is 11.5. The number of halogens is 1. The van der Waals surface area contributed by atoms with Crippen LogP contribution in [0.2, 0.25) is 0 Å². The summed E-state index contributed by atoms with van der Waals surface area (Å²) in [5, 5.41) is 3.40. The Balaban J connectivity index is 2.25. The van der Waals surface area contributed by atoms with Crippen LogP contribution in [-0.4, -0.2) is 6.54 Å². The molecule has 2 aromatic heterocycles. The zero-order valence-corrected chi connectivity index (χ0v) is 10.7. The Morgan fingerprint density at radius 3 is 2.75 bits per heavy atom. The molecule has 0 radical (unpaired) electrons. The molecule has 2 heterocycles. The fraction of sp³-hybridized carbons (Fsp3) is 0.333. The molecule has 0 aliphatic heterocycles. The molecule has 0 aromatic carbocycles. The number of furan rings is 2. The molecule has 0 saturated heterocycles. The van der Waals surface area contributed by atoms with E-state index in [9.17, 15) is 0 Å². The van der Waals surface area contributed by atoms with Gasteiger partial charge < -0.3 is 14.2 Å². The largest absolute Gasteiger partial charge is 0.467 e. The van der Waals surface area contributed by atoms with Crippen LogP contribution in [0.15, 0.2) is 44.0 Å². The van der Waals surface area contributed by atoms with Gasteiger partial charge in [0.25, 0.3) is 0 Å². The lowest BCUT2D eigenvalue weighted by Crippen LogP contribution is -2.22. The van der Waals surface area contributed by atoms with Crippen molar-refractivity contribution in [1.29, 1.82) is 0 Å². The second-order valence-electron chi connectivity index (χ2n) is 3.54. The lowest BCUT2D eigenvalue weighted by atomic mass is 10.1. The van der Waals surface area contributed by atoms with Gasteiger partial charge in [0.15, 0.2) is 0 Å². The molecule has 86 valence electrons. The quantitative estimate of drug-likeness (QED) is 0.909. The molecule has 2 aromatic rings. The summed E-state index contributed by atoms with van der Waals surface area (Å²) in [5.41, 5.74) is 0. The molecule has 16 heavy (non-hydrogen) atoms. The molecule has 0 spiro atoms. The van der Waals surface area contributed by atoms with Crippen molar-refractivity contribution in [3.63, 3.8) is 0 Å². The summed E-state index contributed by atoms with van der Waals surface area (Å²) in [4.78, 5) is 0. The smallest absolute Gasteiger partial charge is 0.142 e. The highest BCUT2D eigenvalue weighted by atomic mass is 79.9. The highest BCUT2D eigenvalue weighted by molar-refractivity contribution is 9.10. The minimum Gasteiger partial charge on any atom is -0.467 e. The van der Waals surface area contributed by atoms with Crippen LogP contribution in [0.4, 0.5) is 0 Å². The summed E-state index contributed by atoms with van der Waals surface area (Å²) in [7, 11) is 0. The van der Waals surface area contributed by atoms with Gasteiger partial charge in [-0.1, -0.05) is 6.92 Å². The van der Waals surface area contributed by atoms with Crippen molar-refractivity contribution >= 4 is 15.9 Å². The lowest BCUT2D eigenvalue weighted by Gasteiger charge is -2.14. The van der Waals surface area contributed by atoms with Crippen LogP contribution in [-0.2, 0) is 0 Å². The van der Waals surface area contributed by atoms with Crippen LogP contribution in [0.5, 0.6) is 0 Å². The summed E-state index contributed by atoms with van der Waals surface area (Å²) >= 11 is 3.47. The van der Waals surface area contributed by atoms with Crippen LogP contribution >= 0.6 is 15.9 Å². The van der Waals surface area contributed by atoms with Gasteiger partial charge in [-0.25, -0.2) is 0 Å². The van der Waals surface area contributed by atoms with E-state index in [1.54, 1.807) is 12.5 Å². The van der Waals surface area contributed by atoms with Crippen LogP contribution < -0.4 is 5.32 Å². The summed E-state index contributed by atoms with van der Waals surface area (Å²) in [6.45, 7) is 3.04. The molecular formula is C12H14BrNO2. The van der Waals surface area contributed by atoms with Crippen molar-refractivity contribution in [1.82, 2.24) is 5.32 Å². The maximum atomic E-state index is 5.48. The Labute approximate surface area is 103 Å². The van der Waals surface area contributed by atoms with Gasteiger partial charge in [-0.3, -0.25) is 0 Å². The monoisotopic (exact) mass is 283 g/mol. The second kappa shape index (κ2) is 5.37. The lowest BCUT2D eigenvalue weighted by molar-refractivity contribution is 0.387. The molecule has 0 aliphatic carbocycles. The maximum Gasteiger partial charge on any atom is 0.142 e. The Bertz CT molecular complexity index is 422. The van der Waals surface area contributed by atoms with E-state index in [2.05, 4.69) is 28.2 Å². The minimum absolute atomic E-state index is 0.0284. The first-order chi connectivity index (χ1) is 7.83. The standard InChI is InChI=1S/C12H14BrNO2/c1-2-6-14-11(10-4-3-7-15-10)12-9(13)5-8-16-12/h3-5,7-8,11,14H,2,6H2,1H3. The predicted molar refractivity (Wildman–Crippen MR) is 65.3 cm³/mol. The van der Waals surface area contributed by atoms with Crippen molar-refractivity contribution < 1.29 is 8.83 Å². The van der Waals surface area contributed by atoms with Crippen LogP contribution in [0.1, 0.15) is 30.9 Å². The Kier molecular flexibility index (Phi) is 3.85. The van der Waals surface area contributed by atoms with E-state index in [4.69, 9.17) is 8.83 Å². The van der Waals surface area contributed by atoms with Gasteiger partial charge >= 0.3 is 0 Å². The van der Waals surface area contributed by atoms with Gasteiger partial charge in [0.2, 0.25) is 0 Å². The molecule has 0 fully saturated rings. The Morgan fingerprint density at radius 2 is 2.19 bits per heavy atom. The zero-order chi connectivity index (χ0) is 11.4. The van der Waals surface area contributed by atoms with Gasteiger partial charge in [0, 0.05) is 0 Å². The van der Waals surface area contributed by atoms with E-state index in [-0.39, 0.29) is 6.04 Å². The summed E-state index contributed by atoms with van der Waals surface area (Å²) < 4.78 is 11.9. The van der Waals surface area contributed by atoms with Gasteiger partial charge in [-0.15, -0.1) is 0 Å². The molecule has 1 N–H and O–H groups in total. The number of hydrogen-bond donors (Lipinski definition) is 1. The normalized spacial score (nSPS) is 12.9. The Morgan fingerprint density at radius 1 is 1.31 bits per heavy atom. The Hall–Kier alpha value is -1.00. The third-order valence-electron chi connectivity index (χ3n) is 2.33. The van der Waals surface area contributed by atoms with Crippen LogP contribution in [0.3, 0.4) is 0 Å². The van der Waals surface area contributed by atoms with Crippen molar-refractivity contribution in [3.05, 3.63) is 46.7 Å². The minimum atomic E-state index is -0.0284. The first-order valence-electron chi connectivity index (χ1n) is 5.32. The van der Waals surface area contributed by atoms with E-state index in [1.165, 1.54) is 0 Å². The SMILES string of the molecule is CCCNC(c1ccco1)c1occc1Br. The van der Waals surface area contributed by atoms with E-state index in [0.29, 0.717) is 0 Å². The number of rotatable bonds is 5. The van der Waals surface area contributed by atoms with Gasteiger partial charge in [0.1, 0.15) is 17.6 Å². The average Bonchev–Trinajstić information content (AvgIpc) is 2.91. The molecule has 0 saturated carbocycles. The molecule has 1 atom stereocenters. The fourth-order valence-corrected chi connectivity index (χ4v) is 2.01. The molecule has 0 bridgehead atoms. The average molecular weight is 284 g/mol. The van der Waals surface area contributed by atoms with Crippen molar-refractivity contribution in [2.75, 3.05) is 6.54 Å². The third-order valence-corrected chi connectivity index (χ3v) is 2.99. The molecule has 0 aliphatic rings. The van der Waals surface area contributed by atoms with Crippen LogP contribution in [0.25, 0.3) is 0 Å². The molecule has 0 amide bonds. The molecule has 3 nitrogen and oxygen atoms in total. The predicted octanol–water partition coefficient (Wildman–Crippen LogP) is 3.72. The molecular weight excluding hydrogens is 270 g/mol. The first-order valence-corrected chi connectivity index (χ1v) is 6.12. The van der Waals surface area contributed by atoms with Crippen molar-refractivity contribution in [2.24, 2.45) is 0 Å². The number of nitrogens with one attached hydrogen (secondary N) is 1. The molecule has 2 rings (SSSR count). The van der Waals surface area contributed by atoms with E-state index < -0.39 is 0 Å². The third kappa shape index (κ3) is 2.39.